The Kier molecular flexibility index (Phi) is 2.59. The molecule has 5 nitrogen and oxygen atoms in total. The summed E-state index contributed by atoms with van der Waals surface area (Å²) >= 11 is 1.58. The minimum absolute atomic E-state index is 0.258. The summed E-state index contributed by atoms with van der Waals surface area (Å²) in [5.41, 5.74) is 0.896. The van der Waals surface area contributed by atoms with Gasteiger partial charge in [0.05, 0.1) is 23.2 Å². The number of nitrogens with zero attached hydrogens (tertiary/aromatic N) is 2. The minimum atomic E-state index is -0.728. The molecule has 0 bridgehead atoms. The van der Waals surface area contributed by atoms with E-state index >= 15 is 0 Å². The van der Waals surface area contributed by atoms with E-state index in [1.54, 1.807) is 18.4 Å². The Morgan fingerprint density at radius 3 is 3.00 bits per heavy atom. The van der Waals surface area contributed by atoms with Crippen molar-refractivity contribution in [1.82, 2.24) is 4.98 Å². The molecule has 0 spiro atoms. The van der Waals surface area contributed by atoms with Gasteiger partial charge >= 0.3 is 5.97 Å². The van der Waals surface area contributed by atoms with Crippen molar-refractivity contribution in [3.05, 3.63) is 18.2 Å². The maximum absolute atomic E-state index is 10.8. The molecule has 0 saturated carbocycles. The summed E-state index contributed by atoms with van der Waals surface area (Å²) in [6.07, 6.45) is 0. The Morgan fingerprint density at radius 2 is 2.33 bits per heavy atom. The van der Waals surface area contributed by atoms with Crippen LogP contribution in [0.4, 0.5) is 5.13 Å². The number of anilines is 1. The summed E-state index contributed by atoms with van der Waals surface area (Å²) in [4.78, 5) is 17.3. The summed E-state index contributed by atoms with van der Waals surface area (Å²) < 4.78 is 6.24. The fraction of sp³-hybridized carbons (Fsp3) is 0.333. The van der Waals surface area contributed by atoms with E-state index in [1.165, 1.54) is 0 Å². The molecule has 0 aliphatic carbocycles. The summed E-state index contributed by atoms with van der Waals surface area (Å²) in [5.74, 6) is -0.202. The van der Waals surface area contributed by atoms with Crippen molar-refractivity contribution in [2.45, 2.75) is 0 Å². The number of methoxy groups -OCH3 is 1. The van der Waals surface area contributed by atoms with Crippen LogP contribution >= 0.6 is 11.3 Å². The highest BCUT2D eigenvalue weighted by Gasteiger charge is 2.34. The highest BCUT2D eigenvalue weighted by molar-refractivity contribution is 7.22. The van der Waals surface area contributed by atoms with Crippen molar-refractivity contribution in [2.24, 2.45) is 5.92 Å². The monoisotopic (exact) mass is 264 g/mol. The second-order valence-electron chi connectivity index (χ2n) is 4.27. The number of hydrogen-bond donors (Lipinski definition) is 1. The lowest BCUT2D eigenvalue weighted by Gasteiger charge is -2.36. The van der Waals surface area contributed by atoms with Gasteiger partial charge in [-0.05, 0) is 12.1 Å². The van der Waals surface area contributed by atoms with Gasteiger partial charge in [-0.3, -0.25) is 4.79 Å². The van der Waals surface area contributed by atoms with E-state index in [0.717, 1.165) is 21.1 Å². The molecular weight excluding hydrogens is 252 g/mol. The van der Waals surface area contributed by atoms with Crippen molar-refractivity contribution in [3.63, 3.8) is 0 Å². The molecule has 2 heterocycles. The van der Waals surface area contributed by atoms with E-state index in [-0.39, 0.29) is 5.92 Å². The number of rotatable bonds is 3. The summed E-state index contributed by atoms with van der Waals surface area (Å²) in [6.45, 7) is 1.10. The van der Waals surface area contributed by atoms with Crippen LogP contribution in [0.1, 0.15) is 0 Å². The molecule has 0 unspecified atom stereocenters. The molecule has 0 amide bonds. The summed E-state index contributed by atoms with van der Waals surface area (Å²) in [7, 11) is 1.63. The second kappa shape index (κ2) is 4.13. The number of fused-ring (bicyclic) bond motifs is 1. The molecule has 1 aliphatic heterocycles. The number of aromatic nitrogens is 1. The first kappa shape index (κ1) is 11.3. The third kappa shape index (κ3) is 1.78. The van der Waals surface area contributed by atoms with Gasteiger partial charge in [0.2, 0.25) is 0 Å². The molecule has 6 heteroatoms. The van der Waals surface area contributed by atoms with Gasteiger partial charge in [0, 0.05) is 19.2 Å². The van der Waals surface area contributed by atoms with Crippen molar-refractivity contribution in [1.29, 1.82) is 0 Å². The van der Waals surface area contributed by atoms with Gasteiger partial charge in [0.1, 0.15) is 5.75 Å². The van der Waals surface area contributed by atoms with Crippen molar-refractivity contribution >= 4 is 32.7 Å². The van der Waals surface area contributed by atoms with Gasteiger partial charge in [-0.2, -0.15) is 0 Å². The van der Waals surface area contributed by atoms with Crippen LogP contribution in [0, 0.1) is 5.92 Å². The fourth-order valence-electron chi connectivity index (χ4n) is 1.95. The van der Waals surface area contributed by atoms with E-state index in [2.05, 4.69) is 4.98 Å². The normalized spacial score (nSPS) is 15.7. The largest absolute Gasteiger partial charge is 0.497 e. The van der Waals surface area contributed by atoms with Crippen LogP contribution in [0.3, 0.4) is 0 Å². The Hall–Kier alpha value is -1.82. The van der Waals surface area contributed by atoms with Gasteiger partial charge in [-0.15, -0.1) is 0 Å². The molecule has 0 radical (unpaired) electrons. The summed E-state index contributed by atoms with van der Waals surface area (Å²) in [6, 6.07) is 5.77. The van der Waals surface area contributed by atoms with Crippen LogP contribution < -0.4 is 9.64 Å². The number of carbonyl (C=O) groups is 1. The standard InChI is InChI=1S/C12H12N2O3S/c1-17-8-2-3-10-9(4-8)13-12(18-10)14-5-7(6-14)11(15)16/h2-4,7H,5-6H2,1H3,(H,15,16). The zero-order valence-corrected chi connectivity index (χ0v) is 10.6. The first-order valence-corrected chi connectivity index (χ1v) is 6.41. The fourth-order valence-corrected chi connectivity index (χ4v) is 2.91. The zero-order chi connectivity index (χ0) is 12.7. The quantitative estimate of drug-likeness (QED) is 0.916. The number of hydrogen-bond acceptors (Lipinski definition) is 5. The van der Waals surface area contributed by atoms with E-state index in [0.29, 0.717) is 13.1 Å². The van der Waals surface area contributed by atoms with Gasteiger partial charge in [0.15, 0.2) is 5.13 Å². The predicted octanol–water partition coefficient (Wildman–Crippen LogP) is 1.83. The third-order valence-corrected chi connectivity index (χ3v) is 4.18. The molecule has 0 atom stereocenters. The molecule has 1 aromatic heterocycles. The smallest absolute Gasteiger partial charge is 0.310 e. The number of thiazole rings is 1. The lowest BCUT2D eigenvalue weighted by molar-refractivity contribution is -0.142. The molecule has 2 aromatic rings. The first-order chi connectivity index (χ1) is 8.67. The van der Waals surface area contributed by atoms with Gasteiger partial charge in [-0.1, -0.05) is 11.3 Å². The van der Waals surface area contributed by atoms with E-state index in [9.17, 15) is 4.79 Å². The van der Waals surface area contributed by atoms with Gasteiger partial charge in [-0.25, -0.2) is 4.98 Å². The molecule has 3 rings (SSSR count). The maximum Gasteiger partial charge on any atom is 0.310 e. The second-order valence-corrected chi connectivity index (χ2v) is 5.28. The van der Waals surface area contributed by atoms with Crippen LogP contribution in [0.2, 0.25) is 0 Å². The lowest BCUT2D eigenvalue weighted by Crippen LogP contribution is -2.50. The van der Waals surface area contributed by atoms with Crippen molar-refractivity contribution in [2.75, 3.05) is 25.1 Å². The number of benzene rings is 1. The Bertz CT molecular complexity index is 604. The molecule has 1 aromatic carbocycles. The topological polar surface area (TPSA) is 62.7 Å². The summed E-state index contributed by atoms with van der Waals surface area (Å²) in [5, 5.41) is 9.73. The molecule has 1 saturated heterocycles. The first-order valence-electron chi connectivity index (χ1n) is 5.59. The van der Waals surface area contributed by atoms with Crippen LogP contribution in [-0.2, 0) is 4.79 Å². The van der Waals surface area contributed by atoms with E-state index < -0.39 is 5.97 Å². The third-order valence-electron chi connectivity index (χ3n) is 3.08. The molecule has 1 N–H and O–H groups in total. The zero-order valence-electron chi connectivity index (χ0n) is 9.79. The maximum atomic E-state index is 10.8. The van der Waals surface area contributed by atoms with Crippen LogP contribution in [-0.4, -0.2) is 36.3 Å². The Labute approximate surface area is 108 Å². The average molecular weight is 264 g/mol. The van der Waals surface area contributed by atoms with E-state index in [4.69, 9.17) is 9.84 Å². The van der Waals surface area contributed by atoms with Crippen molar-refractivity contribution in [3.8, 4) is 5.75 Å². The van der Waals surface area contributed by atoms with Crippen LogP contribution in [0.5, 0.6) is 5.75 Å². The number of aliphatic carboxylic acids is 1. The number of ether oxygens (including phenoxy) is 1. The van der Waals surface area contributed by atoms with Gasteiger partial charge in [0.25, 0.3) is 0 Å². The van der Waals surface area contributed by atoms with Gasteiger partial charge < -0.3 is 14.7 Å². The Balaban J connectivity index is 1.84. The molecular formula is C12H12N2O3S. The molecule has 94 valence electrons. The average Bonchev–Trinajstić information content (AvgIpc) is 2.68. The van der Waals surface area contributed by atoms with Crippen molar-refractivity contribution < 1.29 is 14.6 Å². The van der Waals surface area contributed by atoms with Crippen LogP contribution in [0.25, 0.3) is 10.2 Å². The highest BCUT2D eigenvalue weighted by atomic mass is 32.1. The minimum Gasteiger partial charge on any atom is -0.497 e. The Morgan fingerprint density at radius 1 is 1.56 bits per heavy atom. The highest BCUT2D eigenvalue weighted by Crippen LogP contribution is 2.34. The van der Waals surface area contributed by atoms with Crippen LogP contribution in [0.15, 0.2) is 18.2 Å². The predicted molar refractivity (Wildman–Crippen MR) is 69.5 cm³/mol. The SMILES string of the molecule is COc1ccc2sc(N3CC(C(=O)O)C3)nc2c1. The molecule has 18 heavy (non-hydrogen) atoms. The van der Waals surface area contributed by atoms with E-state index in [1.807, 2.05) is 23.1 Å². The molecule has 1 aliphatic rings. The molecule has 1 fully saturated rings. The number of carboxylic acid groups (broad SMARTS) is 1. The lowest BCUT2D eigenvalue weighted by atomic mass is 10.0. The number of carboxylic acids is 1.